The van der Waals surface area contributed by atoms with Crippen molar-refractivity contribution in [2.24, 2.45) is 0 Å². The number of halogens is 2. The van der Waals surface area contributed by atoms with Crippen LogP contribution < -0.4 is 4.72 Å². The van der Waals surface area contributed by atoms with Gasteiger partial charge < -0.3 is 9.35 Å². The minimum atomic E-state index is -1.32. The van der Waals surface area contributed by atoms with Crippen molar-refractivity contribution in [2.75, 3.05) is 5.75 Å². The Labute approximate surface area is 130 Å². The van der Waals surface area contributed by atoms with Gasteiger partial charge in [-0.3, -0.25) is 0 Å². The third-order valence-corrected chi connectivity index (χ3v) is 4.69. The van der Waals surface area contributed by atoms with E-state index < -0.39 is 22.8 Å². The van der Waals surface area contributed by atoms with Crippen molar-refractivity contribution in [1.29, 1.82) is 0 Å². The molecular formula is C13H18BrFN2O2S. The molecule has 1 aromatic rings. The first-order valence-corrected chi connectivity index (χ1v) is 8.45. The number of aromatic nitrogens is 1. The van der Waals surface area contributed by atoms with Gasteiger partial charge in [0, 0.05) is 34.0 Å². The lowest BCUT2D eigenvalue weighted by molar-refractivity contribution is -0.108. The minimum absolute atomic E-state index is 0.0138. The zero-order valence-electron chi connectivity index (χ0n) is 11.5. The summed E-state index contributed by atoms with van der Waals surface area (Å²) in [6.45, 7) is 3.65. The average molecular weight is 365 g/mol. The molecule has 1 aromatic heterocycles. The summed E-state index contributed by atoms with van der Waals surface area (Å²) >= 11 is 1.90. The van der Waals surface area contributed by atoms with Gasteiger partial charge >= 0.3 is 0 Å². The third-order valence-electron chi connectivity index (χ3n) is 2.91. The highest BCUT2D eigenvalue weighted by Gasteiger charge is 2.34. The molecule has 0 aromatic carbocycles. The highest BCUT2D eigenvalue weighted by atomic mass is 79.9. The van der Waals surface area contributed by atoms with Crippen molar-refractivity contribution < 1.29 is 13.7 Å². The Morgan fingerprint density at radius 2 is 2.35 bits per heavy atom. The molecule has 0 bridgehead atoms. The second kappa shape index (κ2) is 8.07. The number of carbonyl (C=O) groups is 1. The fourth-order valence-corrected chi connectivity index (χ4v) is 3.44. The number of nitrogens with zero attached hydrogens (tertiary/aromatic N) is 1. The van der Waals surface area contributed by atoms with E-state index >= 15 is 0 Å². The molecule has 0 saturated carbocycles. The van der Waals surface area contributed by atoms with E-state index in [9.17, 15) is 13.7 Å². The number of hydrogen-bond acceptors (Lipinski definition) is 4. The maximum Gasteiger partial charge on any atom is 0.218 e. The number of carbonyl (C=O) groups excluding carboxylic acids is 1. The summed E-state index contributed by atoms with van der Waals surface area (Å²) in [7, 11) is 0. The number of rotatable bonds is 8. The second-order valence-electron chi connectivity index (χ2n) is 4.70. The van der Waals surface area contributed by atoms with Crippen LogP contribution in [-0.2, 0) is 21.7 Å². The molecule has 1 N–H and O–H groups in total. The van der Waals surface area contributed by atoms with Crippen LogP contribution in [0.4, 0.5) is 4.39 Å². The van der Waals surface area contributed by atoms with E-state index in [1.54, 1.807) is 13.0 Å². The summed E-state index contributed by atoms with van der Waals surface area (Å²) in [5, 5.41) is 0. The highest BCUT2D eigenvalue weighted by Crippen LogP contribution is 2.28. The largest absolute Gasteiger partial charge is 0.598 e. The summed E-state index contributed by atoms with van der Waals surface area (Å²) in [4.78, 5) is 14.5. The van der Waals surface area contributed by atoms with Crippen LogP contribution >= 0.6 is 15.9 Å². The summed E-state index contributed by atoms with van der Waals surface area (Å²) in [6, 6.07) is 1.55. The summed E-state index contributed by atoms with van der Waals surface area (Å²) < 4.78 is 29.4. The van der Waals surface area contributed by atoms with Crippen LogP contribution in [0.3, 0.4) is 0 Å². The van der Waals surface area contributed by atoms with E-state index in [0.717, 1.165) is 12.8 Å². The quantitative estimate of drug-likeness (QED) is 0.437. The van der Waals surface area contributed by atoms with Gasteiger partial charge in [-0.1, -0.05) is 13.3 Å². The first-order valence-electron chi connectivity index (χ1n) is 6.34. The molecule has 0 radical (unpaired) electrons. The lowest BCUT2D eigenvalue weighted by Crippen LogP contribution is -2.45. The lowest BCUT2D eigenvalue weighted by atomic mass is 9.91. The van der Waals surface area contributed by atoms with Crippen LogP contribution in [0.25, 0.3) is 0 Å². The molecule has 7 heteroatoms. The molecule has 1 rings (SSSR count). The molecule has 0 fully saturated rings. The predicted molar refractivity (Wildman–Crippen MR) is 81.0 cm³/mol. The molecule has 0 saturated heterocycles. The SMILES string of the molecule is CCCC[S+]([O-])N[C@@](C)(CC=O)c1cc(Br)cnc1F. The molecule has 4 nitrogen and oxygen atoms in total. The lowest BCUT2D eigenvalue weighted by Gasteiger charge is -2.29. The van der Waals surface area contributed by atoms with Crippen molar-refractivity contribution >= 4 is 33.6 Å². The van der Waals surface area contributed by atoms with Crippen LogP contribution in [0.5, 0.6) is 0 Å². The molecule has 0 amide bonds. The Balaban J connectivity index is 3.01. The van der Waals surface area contributed by atoms with Gasteiger partial charge in [0.05, 0.1) is 5.54 Å². The second-order valence-corrected chi connectivity index (χ2v) is 6.92. The fraction of sp³-hybridized carbons (Fsp3) is 0.538. The summed E-state index contributed by atoms with van der Waals surface area (Å²) in [5.74, 6) is -0.203. The maximum absolute atomic E-state index is 13.9. The molecule has 20 heavy (non-hydrogen) atoms. The monoisotopic (exact) mass is 364 g/mol. The first kappa shape index (κ1) is 17.6. The van der Waals surface area contributed by atoms with Crippen molar-refractivity contribution in [2.45, 2.75) is 38.6 Å². The van der Waals surface area contributed by atoms with Gasteiger partial charge in [-0.15, -0.1) is 4.72 Å². The van der Waals surface area contributed by atoms with Gasteiger partial charge in [-0.25, -0.2) is 4.98 Å². The Kier molecular flexibility index (Phi) is 7.08. The number of aldehydes is 1. The standard InChI is InChI=1S/C13H18BrFN2O2S/c1-3-4-7-20(19)17-13(2,5-6-18)11-8-10(14)9-16-12(11)15/h6,8-9,17H,3-5,7H2,1-2H3/t13-,20?/m0/s1. The van der Waals surface area contributed by atoms with E-state index in [-0.39, 0.29) is 12.0 Å². The number of nitrogens with one attached hydrogen (secondary N) is 1. The van der Waals surface area contributed by atoms with Gasteiger partial charge in [0.15, 0.2) is 0 Å². The zero-order valence-corrected chi connectivity index (χ0v) is 13.9. The average Bonchev–Trinajstić information content (AvgIpc) is 2.39. The topological polar surface area (TPSA) is 65.0 Å². The minimum Gasteiger partial charge on any atom is -0.598 e. The predicted octanol–water partition coefficient (Wildman–Crippen LogP) is 2.84. The number of pyridine rings is 1. The molecule has 1 heterocycles. The first-order chi connectivity index (χ1) is 9.42. The molecule has 1 unspecified atom stereocenters. The molecule has 0 aliphatic carbocycles. The van der Waals surface area contributed by atoms with Crippen LogP contribution in [0.1, 0.15) is 38.7 Å². The zero-order chi connectivity index (χ0) is 15.2. The van der Waals surface area contributed by atoms with Crippen molar-refractivity contribution in [3.63, 3.8) is 0 Å². The fourth-order valence-electron chi connectivity index (χ4n) is 1.76. The molecule has 0 spiro atoms. The summed E-state index contributed by atoms with van der Waals surface area (Å²) in [5.41, 5.74) is -0.815. The smallest absolute Gasteiger partial charge is 0.218 e. The van der Waals surface area contributed by atoms with E-state index in [2.05, 4.69) is 25.6 Å². The van der Waals surface area contributed by atoms with Crippen LogP contribution in [0.2, 0.25) is 0 Å². The maximum atomic E-state index is 13.9. The Bertz CT molecular complexity index is 464. The summed E-state index contributed by atoms with van der Waals surface area (Å²) in [6.07, 6.45) is 3.76. The van der Waals surface area contributed by atoms with Crippen LogP contribution in [-0.4, -0.2) is 21.6 Å². The Morgan fingerprint density at radius 1 is 1.65 bits per heavy atom. The van der Waals surface area contributed by atoms with E-state index in [1.807, 2.05) is 6.92 Å². The van der Waals surface area contributed by atoms with Crippen LogP contribution in [0, 0.1) is 5.95 Å². The van der Waals surface area contributed by atoms with Gasteiger partial charge in [-0.05, 0) is 35.3 Å². The highest BCUT2D eigenvalue weighted by molar-refractivity contribution is 9.10. The van der Waals surface area contributed by atoms with Gasteiger partial charge in [0.2, 0.25) is 5.95 Å². The molecule has 112 valence electrons. The molecule has 0 aliphatic rings. The number of unbranched alkanes of at least 4 members (excludes halogenated alkanes) is 1. The Morgan fingerprint density at radius 3 is 2.95 bits per heavy atom. The Hall–Kier alpha value is -0.500. The third kappa shape index (κ3) is 4.80. The van der Waals surface area contributed by atoms with Gasteiger partial charge in [-0.2, -0.15) is 4.39 Å². The number of hydrogen-bond donors (Lipinski definition) is 1. The van der Waals surface area contributed by atoms with E-state index in [4.69, 9.17) is 0 Å². The van der Waals surface area contributed by atoms with Crippen molar-refractivity contribution in [1.82, 2.24) is 9.71 Å². The normalized spacial score (nSPS) is 15.7. The van der Waals surface area contributed by atoms with Gasteiger partial charge in [0.1, 0.15) is 12.0 Å². The van der Waals surface area contributed by atoms with E-state index in [1.165, 1.54) is 6.20 Å². The van der Waals surface area contributed by atoms with E-state index in [0.29, 0.717) is 16.5 Å². The van der Waals surface area contributed by atoms with Crippen molar-refractivity contribution in [3.05, 3.63) is 28.2 Å². The molecular weight excluding hydrogens is 347 g/mol. The van der Waals surface area contributed by atoms with Gasteiger partial charge in [0.25, 0.3) is 0 Å². The van der Waals surface area contributed by atoms with Crippen LogP contribution in [0.15, 0.2) is 16.7 Å². The van der Waals surface area contributed by atoms with Crippen molar-refractivity contribution in [3.8, 4) is 0 Å². The molecule has 2 atom stereocenters. The molecule has 0 aliphatic heterocycles.